The SMILES string of the molecule is CC(CN(Cc1ccccc1C#N)C(C)C(=O)O)C(=O)O. The average Bonchev–Trinajstić information content (AvgIpc) is 2.45. The Morgan fingerprint density at radius 3 is 2.38 bits per heavy atom. The molecule has 0 heterocycles. The molecule has 0 saturated heterocycles. The Balaban J connectivity index is 2.99. The molecule has 0 radical (unpaired) electrons. The van der Waals surface area contributed by atoms with Crippen molar-refractivity contribution in [3.63, 3.8) is 0 Å². The second kappa shape index (κ2) is 7.41. The van der Waals surface area contributed by atoms with Gasteiger partial charge < -0.3 is 10.2 Å². The minimum atomic E-state index is -1.03. The fraction of sp³-hybridized carbons (Fsp3) is 0.400. The number of aliphatic carboxylic acids is 2. The van der Waals surface area contributed by atoms with Crippen LogP contribution in [-0.4, -0.2) is 39.6 Å². The minimum Gasteiger partial charge on any atom is -0.481 e. The largest absolute Gasteiger partial charge is 0.481 e. The van der Waals surface area contributed by atoms with E-state index in [1.807, 2.05) is 0 Å². The summed E-state index contributed by atoms with van der Waals surface area (Å²) < 4.78 is 0. The van der Waals surface area contributed by atoms with Gasteiger partial charge in [0.15, 0.2) is 0 Å². The van der Waals surface area contributed by atoms with Crippen molar-refractivity contribution in [2.75, 3.05) is 6.54 Å². The molecule has 21 heavy (non-hydrogen) atoms. The van der Waals surface area contributed by atoms with E-state index in [0.717, 1.165) is 0 Å². The van der Waals surface area contributed by atoms with Crippen molar-refractivity contribution < 1.29 is 19.8 Å². The molecule has 2 unspecified atom stereocenters. The Kier molecular flexibility index (Phi) is 5.88. The van der Waals surface area contributed by atoms with Crippen LogP contribution in [-0.2, 0) is 16.1 Å². The van der Waals surface area contributed by atoms with Crippen LogP contribution in [0.25, 0.3) is 0 Å². The van der Waals surface area contributed by atoms with E-state index in [2.05, 4.69) is 6.07 Å². The van der Waals surface area contributed by atoms with Gasteiger partial charge in [-0.25, -0.2) is 0 Å². The maximum Gasteiger partial charge on any atom is 0.320 e. The first kappa shape index (κ1) is 16.7. The number of hydrogen-bond donors (Lipinski definition) is 2. The van der Waals surface area contributed by atoms with E-state index in [9.17, 15) is 9.59 Å². The van der Waals surface area contributed by atoms with Gasteiger partial charge >= 0.3 is 11.9 Å². The van der Waals surface area contributed by atoms with Crippen molar-refractivity contribution in [3.05, 3.63) is 35.4 Å². The van der Waals surface area contributed by atoms with Gasteiger partial charge in [0.05, 0.1) is 17.6 Å². The van der Waals surface area contributed by atoms with Crippen molar-refractivity contribution in [3.8, 4) is 6.07 Å². The summed E-state index contributed by atoms with van der Waals surface area (Å²) in [4.78, 5) is 23.7. The summed E-state index contributed by atoms with van der Waals surface area (Å²) in [5.41, 5.74) is 1.15. The number of carboxylic acid groups (broad SMARTS) is 2. The molecule has 6 heteroatoms. The monoisotopic (exact) mass is 290 g/mol. The minimum absolute atomic E-state index is 0.0998. The van der Waals surface area contributed by atoms with Gasteiger partial charge in [0.2, 0.25) is 0 Å². The number of nitrogens with zero attached hydrogens (tertiary/aromatic N) is 2. The summed E-state index contributed by atoms with van der Waals surface area (Å²) in [5, 5.41) is 27.2. The maximum absolute atomic E-state index is 11.2. The van der Waals surface area contributed by atoms with E-state index in [4.69, 9.17) is 15.5 Å². The standard InChI is InChI=1S/C15H18N2O4/c1-10(14(18)19)8-17(11(2)15(20)21)9-13-6-4-3-5-12(13)7-16/h3-6,10-11H,8-9H2,1-2H3,(H,18,19)(H,20,21). The number of carboxylic acids is 2. The van der Waals surface area contributed by atoms with E-state index in [1.165, 1.54) is 13.8 Å². The Labute approximate surface area is 123 Å². The normalized spacial score (nSPS) is 13.4. The predicted molar refractivity (Wildman–Crippen MR) is 75.5 cm³/mol. The van der Waals surface area contributed by atoms with Crippen LogP contribution in [0.1, 0.15) is 25.0 Å². The van der Waals surface area contributed by atoms with Gasteiger partial charge in [-0.3, -0.25) is 14.5 Å². The molecule has 0 aliphatic heterocycles. The molecule has 1 aromatic carbocycles. The van der Waals surface area contributed by atoms with E-state index in [-0.39, 0.29) is 13.1 Å². The second-order valence-electron chi connectivity index (χ2n) is 4.95. The zero-order valence-electron chi connectivity index (χ0n) is 12.0. The van der Waals surface area contributed by atoms with E-state index < -0.39 is 23.9 Å². The molecule has 0 bridgehead atoms. The highest BCUT2D eigenvalue weighted by molar-refractivity contribution is 5.73. The van der Waals surface area contributed by atoms with Crippen LogP contribution in [0.4, 0.5) is 0 Å². The van der Waals surface area contributed by atoms with Gasteiger partial charge in [-0.05, 0) is 18.6 Å². The van der Waals surface area contributed by atoms with Gasteiger partial charge in [-0.1, -0.05) is 25.1 Å². The van der Waals surface area contributed by atoms with Crippen molar-refractivity contribution in [2.45, 2.75) is 26.4 Å². The lowest BCUT2D eigenvalue weighted by Gasteiger charge is -2.28. The maximum atomic E-state index is 11.2. The third-order valence-electron chi connectivity index (χ3n) is 3.35. The molecule has 2 atom stereocenters. The molecular formula is C15H18N2O4. The van der Waals surface area contributed by atoms with Crippen LogP contribution in [0.15, 0.2) is 24.3 Å². The molecule has 1 aromatic rings. The smallest absolute Gasteiger partial charge is 0.320 e. The molecule has 0 aromatic heterocycles. The third kappa shape index (κ3) is 4.58. The first-order chi connectivity index (χ1) is 9.86. The molecule has 0 aliphatic carbocycles. The zero-order chi connectivity index (χ0) is 16.0. The Morgan fingerprint density at radius 1 is 1.24 bits per heavy atom. The van der Waals surface area contributed by atoms with Crippen LogP contribution in [0.3, 0.4) is 0 Å². The molecule has 112 valence electrons. The van der Waals surface area contributed by atoms with Crippen molar-refractivity contribution in [1.29, 1.82) is 5.26 Å². The number of hydrogen-bond acceptors (Lipinski definition) is 4. The van der Waals surface area contributed by atoms with Gasteiger partial charge in [0, 0.05) is 13.1 Å². The van der Waals surface area contributed by atoms with Gasteiger partial charge in [0.1, 0.15) is 6.04 Å². The number of benzene rings is 1. The van der Waals surface area contributed by atoms with Crippen LogP contribution in [0.2, 0.25) is 0 Å². The third-order valence-corrected chi connectivity index (χ3v) is 3.35. The molecular weight excluding hydrogens is 272 g/mol. The molecule has 0 fully saturated rings. The molecule has 0 aliphatic rings. The van der Waals surface area contributed by atoms with Crippen molar-refractivity contribution >= 4 is 11.9 Å². The summed E-state index contributed by atoms with van der Waals surface area (Å²) in [7, 11) is 0. The second-order valence-corrected chi connectivity index (χ2v) is 4.95. The van der Waals surface area contributed by atoms with Gasteiger partial charge in [-0.2, -0.15) is 5.26 Å². The molecule has 0 amide bonds. The Morgan fingerprint density at radius 2 is 1.86 bits per heavy atom. The Hall–Kier alpha value is -2.39. The van der Waals surface area contributed by atoms with Crippen LogP contribution in [0.5, 0.6) is 0 Å². The number of nitriles is 1. The molecule has 0 spiro atoms. The lowest BCUT2D eigenvalue weighted by atomic mass is 10.1. The molecule has 2 N–H and O–H groups in total. The molecule has 0 saturated carbocycles. The first-order valence-corrected chi connectivity index (χ1v) is 6.54. The molecule has 6 nitrogen and oxygen atoms in total. The quantitative estimate of drug-likeness (QED) is 0.790. The highest BCUT2D eigenvalue weighted by atomic mass is 16.4. The van der Waals surface area contributed by atoms with Gasteiger partial charge in [-0.15, -0.1) is 0 Å². The van der Waals surface area contributed by atoms with Gasteiger partial charge in [0.25, 0.3) is 0 Å². The number of carbonyl (C=O) groups is 2. The average molecular weight is 290 g/mol. The summed E-state index contributed by atoms with van der Waals surface area (Å²) >= 11 is 0. The summed E-state index contributed by atoms with van der Waals surface area (Å²) in [6.45, 7) is 3.35. The highest BCUT2D eigenvalue weighted by Crippen LogP contribution is 2.15. The highest BCUT2D eigenvalue weighted by Gasteiger charge is 2.25. The van der Waals surface area contributed by atoms with Crippen LogP contribution >= 0.6 is 0 Å². The van der Waals surface area contributed by atoms with E-state index in [0.29, 0.717) is 11.1 Å². The summed E-state index contributed by atoms with van der Waals surface area (Å²) in [6, 6.07) is 8.11. The zero-order valence-corrected chi connectivity index (χ0v) is 12.0. The van der Waals surface area contributed by atoms with Crippen molar-refractivity contribution in [2.24, 2.45) is 5.92 Å². The van der Waals surface area contributed by atoms with E-state index >= 15 is 0 Å². The summed E-state index contributed by atoms with van der Waals surface area (Å²) in [5.74, 6) is -2.70. The summed E-state index contributed by atoms with van der Waals surface area (Å²) in [6.07, 6.45) is 0. The van der Waals surface area contributed by atoms with Crippen LogP contribution < -0.4 is 0 Å². The predicted octanol–water partition coefficient (Wildman–Crippen LogP) is 1.55. The van der Waals surface area contributed by atoms with Crippen molar-refractivity contribution in [1.82, 2.24) is 4.90 Å². The fourth-order valence-corrected chi connectivity index (χ4v) is 1.93. The fourth-order valence-electron chi connectivity index (χ4n) is 1.93. The Bertz CT molecular complexity index is 565. The molecule has 1 rings (SSSR count). The van der Waals surface area contributed by atoms with E-state index in [1.54, 1.807) is 29.2 Å². The topological polar surface area (TPSA) is 102 Å². The lowest BCUT2D eigenvalue weighted by Crippen LogP contribution is -2.42. The lowest BCUT2D eigenvalue weighted by molar-refractivity contribution is -0.147. The first-order valence-electron chi connectivity index (χ1n) is 6.54. The van der Waals surface area contributed by atoms with Crippen LogP contribution in [0, 0.1) is 17.2 Å². The number of rotatable bonds is 7.